The summed E-state index contributed by atoms with van der Waals surface area (Å²) in [6, 6.07) is 15.8. The van der Waals surface area contributed by atoms with Gasteiger partial charge in [-0.2, -0.15) is 5.10 Å². The summed E-state index contributed by atoms with van der Waals surface area (Å²) in [5.41, 5.74) is 3.70. The van der Waals surface area contributed by atoms with Crippen LogP contribution < -0.4 is 0 Å². The minimum Gasteiger partial charge on any atom is -0.381 e. The number of rotatable bonds is 4. The lowest BCUT2D eigenvalue weighted by molar-refractivity contribution is 0.0351. The van der Waals surface area contributed by atoms with Crippen molar-refractivity contribution < 1.29 is 9.53 Å². The standard InChI is InChI=1S/C22H23N3O2/c1-27-18-12-14-25(15-13-18)22(26)17-9-6-16(7-10-17)8-11-21-19-4-2-3-5-20(19)23-24-21/h2-11,18H,12-15H2,1H3,(H,23,24)/b11-8+. The van der Waals surface area contributed by atoms with Crippen LogP contribution in [0.1, 0.15) is 34.5 Å². The highest BCUT2D eigenvalue weighted by molar-refractivity contribution is 5.95. The summed E-state index contributed by atoms with van der Waals surface area (Å²) in [7, 11) is 1.74. The Bertz CT molecular complexity index is 951. The zero-order chi connectivity index (χ0) is 18.6. The number of H-pyrrole nitrogens is 1. The summed E-state index contributed by atoms with van der Waals surface area (Å²) in [4.78, 5) is 14.6. The van der Waals surface area contributed by atoms with Gasteiger partial charge in [0.05, 0.1) is 17.3 Å². The molecule has 0 atom stereocenters. The minimum atomic E-state index is 0.0957. The molecule has 5 heteroatoms. The van der Waals surface area contributed by atoms with Gasteiger partial charge in [-0.1, -0.05) is 36.4 Å². The van der Waals surface area contributed by atoms with Crippen LogP contribution in [0.3, 0.4) is 0 Å². The molecule has 0 radical (unpaired) electrons. The number of para-hydroxylation sites is 1. The van der Waals surface area contributed by atoms with Gasteiger partial charge < -0.3 is 9.64 Å². The highest BCUT2D eigenvalue weighted by Crippen LogP contribution is 2.19. The third-order valence-electron chi connectivity index (χ3n) is 5.15. The second kappa shape index (κ2) is 7.76. The lowest BCUT2D eigenvalue weighted by Gasteiger charge is -2.31. The van der Waals surface area contributed by atoms with Gasteiger partial charge in [-0.3, -0.25) is 9.89 Å². The third-order valence-corrected chi connectivity index (χ3v) is 5.15. The van der Waals surface area contributed by atoms with E-state index in [4.69, 9.17) is 4.74 Å². The molecule has 1 fully saturated rings. The van der Waals surface area contributed by atoms with Gasteiger partial charge in [0.25, 0.3) is 5.91 Å². The van der Waals surface area contributed by atoms with Crippen LogP contribution in [-0.4, -0.2) is 47.3 Å². The van der Waals surface area contributed by atoms with E-state index in [0.29, 0.717) is 0 Å². The zero-order valence-corrected chi connectivity index (χ0v) is 15.4. The number of aromatic nitrogens is 2. The Morgan fingerprint density at radius 3 is 2.59 bits per heavy atom. The molecule has 0 bridgehead atoms. The molecule has 1 aliphatic heterocycles. The number of aromatic amines is 1. The lowest BCUT2D eigenvalue weighted by atomic mass is 10.1. The number of nitrogens with one attached hydrogen (secondary N) is 1. The molecule has 5 nitrogen and oxygen atoms in total. The van der Waals surface area contributed by atoms with Crippen LogP contribution in [0, 0.1) is 0 Å². The monoisotopic (exact) mass is 361 g/mol. The first kappa shape index (κ1) is 17.5. The molecule has 1 aromatic heterocycles. The van der Waals surface area contributed by atoms with Crippen molar-refractivity contribution >= 4 is 29.0 Å². The summed E-state index contributed by atoms with van der Waals surface area (Å²) < 4.78 is 5.37. The summed E-state index contributed by atoms with van der Waals surface area (Å²) in [6.07, 6.45) is 6.09. The van der Waals surface area contributed by atoms with Gasteiger partial charge in [-0.05, 0) is 42.7 Å². The molecule has 1 aliphatic rings. The summed E-state index contributed by atoms with van der Waals surface area (Å²) in [5, 5.41) is 8.48. The molecule has 1 saturated heterocycles. The molecule has 0 aliphatic carbocycles. The Morgan fingerprint density at radius 2 is 1.85 bits per heavy atom. The van der Waals surface area contributed by atoms with Crippen LogP contribution >= 0.6 is 0 Å². The van der Waals surface area contributed by atoms with E-state index in [2.05, 4.69) is 10.2 Å². The number of nitrogens with zero attached hydrogens (tertiary/aromatic N) is 2. The van der Waals surface area contributed by atoms with Gasteiger partial charge in [0, 0.05) is 31.1 Å². The maximum atomic E-state index is 12.7. The van der Waals surface area contributed by atoms with Gasteiger partial charge in [0.2, 0.25) is 0 Å². The fourth-order valence-corrected chi connectivity index (χ4v) is 3.50. The molecule has 138 valence electrons. The Labute approximate surface area is 158 Å². The molecule has 27 heavy (non-hydrogen) atoms. The molecule has 1 N–H and O–H groups in total. The van der Waals surface area contributed by atoms with E-state index in [1.807, 2.05) is 65.6 Å². The third kappa shape index (κ3) is 3.78. The Balaban J connectivity index is 1.44. The largest absolute Gasteiger partial charge is 0.381 e. The Kier molecular flexibility index (Phi) is 5.03. The average Bonchev–Trinajstić information content (AvgIpc) is 3.15. The van der Waals surface area contributed by atoms with E-state index < -0.39 is 0 Å². The number of methoxy groups -OCH3 is 1. The van der Waals surface area contributed by atoms with Crippen LogP contribution in [0.5, 0.6) is 0 Å². The van der Waals surface area contributed by atoms with Crippen molar-refractivity contribution in [2.24, 2.45) is 0 Å². The highest BCUT2D eigenvalue weighted by Gasteiger charge is 2.23. The number of ether oxygens (including phenoxy) is 1. The molecule has 2 aromatic carbocycles. The number of carbonyl (C=O) groups is 1. The van der Waals surface area contributed by atoms with Crippen molar-refractivity contribution in [3.63, 3.8) is 0 Å². The van der Waals surface area contributed by atoms with Crippen LogP contribution in [0.25, 0.3) is 23.1 Å². The van der Waals surface area contributed by atoms with Gasteiger partial charge in [0.15, 0.2) is 0 Å². The van der Waals surface area contributed by atoms with Crippen LogP contribution in [0.4, 0.5) is 0 Å². The van der Waals surface area contributed by atoms with Crippen molar-refractivity contribution in [1.29, 1.82) is 0 Å². The van der Waals surface area contributed by atoms with E-state index in [-0.39, 0.29) is 12.0 Å². The number of likely N-dealkylation sites (tertiary alicyclic amines) is 1. The van der Waals surface area contributed by atoms with Crippen molar-refractivity contribution in [1.82, 2.24) is 15.1 Å². The molecule has 0 saturated carbocycles. The van der Waals surface area contributed by atoms with Crippen molar-refractivity contribution in [3.05, 3.63) is 65.4 Å². The first-order valence-corrected chi connectivity index (χ1v) is 9.28. The minimum absolute atomic E-state index is 0.0957. The SMILES string of the molecule is COC1CCN(C(=O)c2ccc(/C=C/c3n[nH]c4ccccc34)cc2)CC1. The molecule has 1 amide bonds. The number of carbonyl (C=O) groups excluding carboxylic acids is 1. The molecule has 4 rings (SSSR count). The summed E-state index contributed by atoms with van der Waals surface area (Å²) >= 11 is 0. The van der Waals surface area contributed by atoms with E-state index in [0.717, 1.165) is 53.7 Å². The molecule has 0 spiro atoms. The van der Waals surface area contributed by atoms with E-state index in [1.54, 1.807) is 7.11 Å². The fourth-order valence-electron chi connectivity index (χ4n) is 3.50. The smallest absolute Gasteiger partial charge is 0.253 e. The molecule has 0 unspecified atom stereocenters. The zero-order valence-electron chi connectivity index (χ0n) is 15.4. The average molecular weight is 361 g/mol. The second-order valence-electron chi connectivity index (χ2n) is 6.84. The summed E-state index contributed by atoms with van der Waals surface area (Å²) in [5.74, 6) is 0.0957. The molecular formula is C22H23N3O2. The number of benzene rings is 2. The predicted molar refractivity (Wildman–Crippen MR) is 107 cm³/mol. The Morgan fingerprint density at radius 1 is 1.11 bits per heavy atom. The van der Waals surface area contributed by atoms with Crippen molar-refractivity contribution in [2.45, 2.75) is 18.9 Å². The first-order chi connectivity index (χ1) is 13.2. The van der Waals surface area contributed by atoms with Crippen LogP contribution in [0.2, 0.25) is 0 Å². The first-order valence-electron chi connectivity index (χ1n) is 9.28. The fraction of sp³-hybridized carbons (Fsp3) is 0.273. The van der Waals surface area contributed by atoms with E-state index in [9.17, 15) is 4.79 Å². The topological polar surface area (TPSA) is 58.2 Å². The van der Waals surface area contributed by atoms with Crippen molar-refractivity contribution in [3.8, 4) is 0 Å². The second-order valence-corrected chi connectivity index (χ2v) is 6.84. The maximum Gasteiger partial charge on any atom is 0.253 e. The van der Waals surface area contributed by atoms with Gasteiger partial charge in [-0.25, -0.2) is 0 Å². The number of piperidine rings is 1. The van der Waals surface area contributed by atoms with E-state index in [1.165, 1.54) is 0 Å². The lowest BCUT2D eigenvalue weighted by Crippen LogP contribution is -2.40. The van der Waals surface area contributed by atoms with Gasteiger partial charge in [-0.15, -0.1) is 0 Å². The highest BCUT2D eigenvalue weighted by atomic mass is 16.5. The molecule has 3 aromatic rings. The maximum absolute atomic E-state index is 12.7. The molecule has 2 heterocycles. The quantitative estimate of drug-likeness (QED) is 0.764. The number of amides is 1. The number of hydrogen-bond acceptors (Lipinski definition) is 3. The predicted octanol–water partition coefficient (Wildman–Crippen LogP) is 3.98. The Hall–Kier alpha value is -2.92. The van der Waals surface area contributed by atoms with Crippen LogP contribution in [0.15, 0.2) is 48.5 Å². The number of fused-ring (bicyclic) bond motifs is 1. The normalized spacial score (nSPS) is 15.7. The van der Waals surface area contributed by atoms with Crippen LogP contribution in [-0.2, 0) is 4.74 Å². The number of hydrogen-bond donors (Lipinski definition) is 1. The van der Waals surface area contributed by atoms with Gasteiger partial charge in [0.1, 0.15) is 0 Å². The van der Waals surface area contributed by atoms with Gasteiger partial charge >= 0.3 is 0 Å². The van der Waals surface area contributed by atoms with E-state index >= 15 is 0 Å². The molecular weight excluding hydrogens is 338 g/mol. The van der Waals surface area contributed by atoms with Crippen molar-refractivity contribution in [2.75, 3.05) is 20.2 Å². The summed E-state index contributed by atoms with van der Waals surface area (Å²) in [6.45, 7) is 1.51.